The molecule has 0 spiro atoms. The number of halogens is 2. The van der Waals surface area contributed by atoms with Gasteiger partial charge in [0.15, 0.2) is 17.4 Å². The molecule has 0 saturated heterocycles. The minimum atomic E-state index is -1.05. The van der Waals surface area contributed by atoms with Crippen LogP contribution >= 0.6 is 0 Å². The molecular weight excluding hydrogens is 284 g/mol. The molecule has 110 valence electrons. The lowest BCUT2D eigenvalue weighted by molar-refractivity contribution is -0.385. The van der Waals surface area contributed by atoms with Gasteiger partial charge in [-0.3, -0.25) is 10.1 Å². The molecule has 21 heavy (non-hydrogen) atoms. The maximum atomic E-state index is 13.8. The Labute approximate surface area is 118 Å². The molecule has 1 N–H and O–H groups in total. The molecule has 2 rings (SSSR count). The van der Waals surface area contributed by atoms with Gasteiger partial charge in [0.1, 0.15) is 0 Å². The fraction of sp³-hybridized carbons (Fsp3) is 0.143. The fourth-order valence-electron chi connectivity index (χ4n) is 1.77. The van der Waals surface area contributed by atoms with Crippen molar-refractivity contribution in [2.24, 2.45) is 0 Å². The number of benzene rings is 2. The van der Waals surface area contributed by atoms with Crippen LogP contribution < -0.4 is 4.74 Å². The Hall–Kier alpha value is -2.54. The second kappa shape index (κ2) is 5.84. The number of nitrogens with zero attached hydrogens (tertiary/aromatic N) is 1. The summed E-state index contributed by atoms with van der Waals surface area (Å²) >= 11 is 0. The third-order valence-corrected chi connectivity index (χ3v) is 2.76. The van der Waals surface area contributed by atoms with E-state index in [0.29, 0.717) is 5.56 Å². The summed E-state index contributed by atoms with van der Waals surface area (Å²) in [4.78, 5) is 10.2. The van der Waals surface area contributed by atoms with Crippen LogP contribution in [-0.4, -0.2) is 10.0 Å². The monoisotopic (exact) mass is 295 g/mol. The molecule has 0 aromatic heterocycles. The summed E-state index contributed by atoms with van der Waals surface area (Å²) in [6.07, 6.45) is 0. The highest BCUT2D eigenvalue weighted by Gasteiger charge is 2.20. The first-order chi connectivity index (χ1) is 9.92. The van der Waals surface area contributed by atoms with Crippen molar-refractivity contribution in [1.82, 2.24) is 0 Å². The van der Waals surface area contributed by atoms with Crippen LogP contribution in [0.1, 0.15) is 11.1 Å². The number of rotatable bonds is 4. The number of aryl methyl sites for hydroxylation is 1. The van der Waals surface area contributed by atoms with Crippen molar-refractivity contribution in [3.63, 3.8) is 0 Å². The van der Waals surface area contributed by atoms with Crippen molar-refractivity contribution in [3.05, 3.63) is 63.2 Å². The molecule has 7 heteroatoms. The molecule has 0 heterocycles. The van der Waals surface area contributed by atoms with Gasteiger partial charge in [-0.15, -0.1) is 0 Å². The zero-order valence-corrected chi connectivity index (χ0v) is 11.0. The van der Waals surface area contributed by atoms with E-state index in [1.165, 1.54) is 18.2 Å². The summed E-state index contributed by atoms with van der Waals surface area (Å²) in [5, 5.41) is 19.8. The molecule has 5 nitrogen and oxygen atoms in total. The Balaban J connectivity index is 2.48. The first-order valence-electron chi connectivity index (χ1n) is 5.94. The molecule has 0 fully saturated rings. The smallest absolute Gasteiger partial charge is 0.311 e. The highest BCUT2D eigenvalue weighted by Crippen LogP contribution is 2.35. The van der Waals surface area contributed by atoms with E-state index in [-0.39, 0.29) is 11.3 Å². The quantitative estimate of drug-likeness (QED) is 0.692. The van der Waals surface area contributed by atoms with Crippen molar-refractivity contribution < 1.29 is 23.5 Å². The van der Waals surface area contributed by atoms with Crippen LogP contribution in [0.4, 0.5) is 14.5 Å². The largest absolute Gasteiger partial charge is 0.444 e. The van der Waals surface area contributed by atoms with E-state index < -0.39 is 34.6 Å². The average molecular weight is 295 g/mol. The number of aliphatic hydroxyl groups is 1. The van der Waals surface area contributed by atoms with Crippen LogP contribution in [0.5, 0.6) is 11.5 Å². The Bertz CT molecular complexity index is 680. The van der Waals surface area contributed by atoms with Gasteiger partial charge in [0.05, 0.1) is 11.5 Å². The average Bonchev–Trinajstić information content (AvgIpc) is 2.42. The number of hydrogen-bond acceptors (Lipinski definition) is 4. The highest BCUT2D eigenvalue weighted by atomic mass is 19.1. The summed E-state index contributed by atoms with van der Waals surface area (Å²) < 4.78 is 32.6. The topological polar surface area (TPSA) is 72.6 Å². The van der Waals surface area contributed by atoms with Crippen molar-refractivity contribution in [2.75, 3.05) is 0 Å². The van der Waals surface area contributed by atoms with Crippen molar-refractivity contribution >= 4 is 5.69 Å². The molecule has 0 saturated carbocycles. The van der Waals surface area contributed by atoms with E-state index in [0.717, 1.165) is 12.1 Å². The summed E-state index contributed by atoms with van der Waals surface area (Å²) in [5.41, 5.74) is 0.283. The first-order valence-corrected chi connectivity index (χ1v) is 5.94. The Morgan fingerprint density at radius 2 is 1.86 bits per heavy atom. The molecular formula is C14H11F2NO4. The van der Waals surface area contributed by atoms with Gasteiger partial charge in [-0.1, -0.05) is 6.07 Å². The number of nitro groups is 1. The second-order valence-corrected chi connectivity index (χ2v) is 4.38. The van der Waals surface area contributed by atoms with E-state index in [1.54, 1.807) is 6.92 Å². The molecule has 2 aromatic rings. The number of ether oxygens (including phenoxy) is 1. The Morgan fingerprint density at radius 1 is 1.24 bits per heavy atom. The SMILES string of the molecule is Cc1ccc([N+](=O)[O-])c(Oc2c(F)cc(CO)cc2F)c1. The van der Waals surface area contributed by atoms with Gasteiger partial charge >= 0.3 is 5.69 Å². The Kier molecular flexibility index (Phi) is 4.13. The van der Waals surface area contributed by atoms with Gasteiger partial charge in [0.25, 0.3) is 0 Å². The van der Waals surface area contributed by atoms with Gasteiger partial charge in [-0.05, 0) is 36.2 Å². The summed E-state index contributed by atoms with van der Waals surface area (Å²) in [7, 11) is 0. The number of aliphatic hydroxyl groups excluding tert-OH is 1. The lowest BCUT2D eigenvalue weighted by Crippen LogP contribution is -1.99. The lowest BCUT2D eigenvalue weighted by atomic mass is 10.2. The van der Waals surface area contributed by atoms with Gasteiger partial charge < -0.3 is 9.84 Å². The standard InChI is InChI=1S/C14H11F2NO4/c1-8-2-3-12(17(19)20)13(4-8)21-14-10(15)5-9(7-18)6-11(14)16/h2-6,18H,7H2,1H3. The molecule has 0 aliphatic heterocycles. The third kappa shape index (κ3) is 3.14. The predicted molar refractivity (Wildman–Crippen MR) is 70.2 cm³/mol. The second-order valence-electron chi connectivity index (χ2n) is 4.38. The highest BCUT2D eigenvalue weighted by molar-refractivity contribution is 5.50. The van der Waals surface area contributed by atoms with Crippen LogP contribution in [0, 0.1) is 28.7 Å². The van der Waals surface area contributed by atoms with Crippen molar-refractivity contribution in [2.45, 2.75) is 13.5 Å². The van der Waals surface area contributed by atoms with E-state index in [2.05, 4.69) is 0 Å². The third-order valence-electron chi connectivity index (χ3n) is 2.76. The molecule has 0 unspecified atom stereocenters. The van der Waals surface area contributed by atoms with E-state index in [4.69, 9.17) is 9.84 Å². The summed E-state index contributed by atoms with van der Waals surface area (Å²) in [5.74, 6) is -3.10. The molecule has 0 aliphatic rings. The van der Waals surface area contributed by atoms with E-state index in [9.17, 15) is 18.9 Å². The van der Waals surface area contributed by atoms with Crippen LogP contribution in [0.25, 0.3) is 0 Å². The molecule has 0 bridgehead atoms. The number of nitro benzene ring substituents is 1. The van der Waals surface area contributed by atoms with Crippen molar-refractivity contribution in [3.8, 4) is 11.5 Å². The van der Waals surface area contributed by atoms with E-state index >= 15 is 0 Å². The maximum absolute atomic E-state index is 13.8. The van der Waals surface area contributed by atoms with Gasteiger partial charge in [0, 0.05) is 6.07 Å². The molecule has 0 amide bonds. The molecule has 0 radical (unpaired) electrons. The van der Waals surface area contributed by atoms with Crippen molar-refractivity contribution in [1.29, 1.82) is 0 Å². The van der Waals surface area contributed by atoms with Gasteiger partial charge in [-0.2, -0.15) is 0 Å². The lowest BCUT2D eigenvalue weighted by Gasteiger charge is -2.10. The predicted octanol–water partition coefficient (Wildman–Crippen LogP) is 3.47. The molecule has 0 atom stereocenters. The minimum absolute atomic E-state index is 0.0380. The molecule has 0 aliphatic carbocycles. The van der Waals surface area contributed by atoms with Crippen LogP contribution in [0.3, 0.4) is 0 Å². The van der Waals surface area contributed by atoms with Crippen LogP contribution in [0.2, 0.25) is 0 Å². The maximum Gasteiger partial charge on any atom is 0.311 e. The zero-order chi connectivity index (χ0) is 15.6. The molecule has 2 aromatic carbocycles. The van der Waals surface area contributed by atoms with Gasteiger partial charge in [0.2, 0.25) is 5.75 Å². The normalized spacial score (nSPS) is 10.5. The zero-order valence-electron chi connectivity index (χ0n) is 11.0. The number of hydrogen-bond donors (Lipinski definition) is 1. The first kappa shape index (κ1) is 14.9. The summed E-state index contributed by atoms with van der Waals surface area (Å²) in [6, 6.07) is 5.81. The van der Waals surface area contributed by atoms with Crippen LogP contribution in [-0.2, 0) is 6.61 Å². The van der Waals surface area contributed by atoms with Crippen LogP contribution in [0.15, 0.2) is 30.3 Å². The Morgan fingerprint density at radius 3 is 2.38 bits per heavy atom. The fourth-order valence-corrected chi connectivity index (χ4v) is 1.77. The minimum Gasteiger partial charge on any atom is -0.444 e. The van der Waals surface area contributed by atoms with Gasteiger partial charge in [-0.25, -0.2) is 8.78 Å². The summed E-state index contributed by atoms with van der Waals surface area (Å²) in [6.45, 7) is 1.14. The van der Waals surface area contributed by atoms with E-state index in [1.807, 2.05) is 0 Å².